The van der Waals surface area contributed by atoms with Crippen LogP contribution in [0, 0.1) is 11.8 Å². The molecule has 1 fully saturated rings. The maximum atomic E-state index is 11.8. The summed E-state index contributed by atoms with van der Waals surface area (Å²) in [6, 6.07) is -0.0360. The number of amides is 1. The van der Waals surface area contributed by atoms with Crippen molar-refractivity contribution in [3.8, 4) is 0 Å². The summed E-state index contributed by atoms with van der Waals surface area (Å²) in [5.74, 6) is 1.07. The molecule has 0 heterocycles. The fourth-order valence-corrected chi connectivity index (χ4v) is 3.95. The van der Waals surface area contributed by atoms with Crippen molar-refractivity contribution in [2.45, 2.75) is 32.2 Å². The molecule has 0 bridgehead atoms. The highest BCUT2D eigenvalue weighted by Gasteiger charge is 2.29. The Hall–Kier alpha value is -0.270. The molecule has 1 saturated carbocycles. The Morgan fingerprint density at radius 2 is 2.11 bits per heavy atom. The smallest absolute Gasteiger partial charge is 0.223 e. The van der Waals surface area contributed by atoms with Crippen LogP contribution in [-0.2, 0) is 14.8 Å². The molecule has 0 aromatic carbocycles. The van der Waals surface area contributed by atoms with Crippen molar-refractivity contribution in [1.82, 2.24) is 10.0 Å². The normalized spacial score (nSPS) is 25.2. The monoisotopic (exact) mass is 308 g/mol. The van der Waals surface area contributed by atoms with Crippen molar-refractivity contribution in [3.05, 3.63) is 0 Å². The Kier molecular flexibility index (Phi) is 6.62. The molecule has 1 amide bonds. The molecule has 112 valence electrons. The number of hydrogen-bond donors (Lipinski definition) is 2. The van der Waals surface area contributed by atoms with E-state index < -0.39 is 10.0 Å². The number of carbonyl (C=O) groups is 1. The van der Waals surface area contributed by atoms with Crippen molar-refractivity contribution in [2.75, 3.05) is 24.8 Å². The lowest BCUT2D eigenvalue weighted by molar-refractivity contribution is -0.124. The summed E-state index contributed by atoms with van der Waals surface area (Å²) in [4.78, 5) is 11.8. The van der Waals surface area contributed by atoms with Crippen LogP contribution in [0.4, 0.5) is 0 Å². The lowest BCUT2D eigenvalue weighted by Gasteiger charge is -2.21. The van der Waals surface area contributed by atoms with Gasteiger partial charge in [0.2, 0.25) is 15.9 Å². The van der Waals surface area contributed by atoms with E-state index in [1.165, 1.54) is 6.26 Å². The van der Waals surface area contributed by atoms with E-state index in [1.807, 2.05) is 13.2 Å². The highest BCUT2D eigenvalue weighted by atomic mass is 32.2. The second-order valence-electron chi connectivity index (χ2n) is 5.29. The second kappa shape index (κ2) is 7.50. The molecule has 0 saturated heterocycles. The highest BCUT2D eigenvalue weighted by molar-refractivity contribution is 7.98. The van der Waals surface area contributed by atoms with Gasteiger partial charge in [-0.15, -0.1) is 0 Å². The number of thioether (sulfide) groups is 1. The number of carbonyl (C=O) groups excluding carboxylic acids is 1. The Morgan fingerprint density at radius 3 is 2.68 bits per heavy atom. The zero-order valence-electron chi connectivity index (χ0n) is 11.8. The SMILES string of the molecule is CSC[C@H](C)C(=O)NC[C@@H]1CCC[C@@H]1NS(C)(=O)=O. The Balaban J connectivity index is 2.41. The van der Waals surface area contributed by atoms with E-state index in [9.17, 15) is 13.2 Å². The first-order chi connectivity index (χ1) is 8.83. The summed E-state index contributed by atoms with van der Waals surface area (Å²) < 4.78 is 25.2. The summed E-state index contributed by atoms with van der Waals surface area (Å²) in [5, 5.41) is 2.94. The third kappa shape index (κ3) is 6.14. The molecule has 0 aromatic heterocycles. The van der Waals surface area contributed by atoms with E-state index >= 15 is 0 Å². The number of sulfonamides is 1. The van der Waals surface area contributed by atoms with Gasteiger partial charge in [-0.2, -0.15) is 11.8 Å². The van der Waals surface area contributed by atoms with Gasteiger partial charge in [0, 0.05) is 24.3 Å². The summed E-state index contributed by atoms with van der Waals surface area (Å²) in [6.07, 6.45) is 5.99. The Labute approximate surface area is 120 Å². The minimum Gasteiger partial charge on any atom is -0.356 e. The molecule has 7 heteroatoms. The van der Waals surface area contributed by atoms with E-state index in [1.54, 1.807) is 11.8 Å². The molecule has 0 aliphatic heterocycles. The molecule has 1 aliphatic rings. The first kappa shape index (κ1) is 16.8. The molecule has 1 rings (SSSR count). The van der Waals surface area contributed by atoms with Gasteiger partial charge in [-0.05, 0) is 25.0 Å². The van der Waals surface area contributed by atoms with Crippen LogP contribution in [0.1, 0.15) is 26.2 Å². The number of nitrogens with one attached hydrogen (secondary N) is 2. The van der Waals surface area contributed by atoms with Gasteiger partial charge in [-0.1, -0.05) is 13.3 Å². The summed E-state index contributed by atoms with van der Waals surface area (Å²) in [7, 11) is -3.17. The van der Waals surface area contributed by atoms with Crippen LogP contribution < -0.4 is 10.0 Å². The molecule has 0 unspecified atom stereocenters. The molecular formula is C12H24N2O3S2. The van der Waals surface area contributed by atoms with Gasteiger partial charge >= 0.3 is 0 Å². The van der Waals surface area contributed by atoms with Crippen LogP contribution in [-0.4, -0.2) is 45.2 Å². The molecule has 3 atom stereocenters. The lowest BCUT2D eigenvalue weighted by atomic mass is 10.0. The first-order valence-corrected chi connectivity index (χ1v) is 9.86. The van der Waals surface area contributed by atoms with Crippen LogP contribution in [0.2, 0.25) is 0 Å². The summed E-state index contributed by atoms with van der Waals surface area (Å²) >= 11 is 1.65. The first-order valence-electron chi connectivity index (χ1n) is 6.57. The quantitative estimate of drug-likeness (QED) is 0.730. The molecule has 2 N–H and O–H groups in total. The molecule has 5 nitrogen and oxygen atoms in total. The van der Waals surface area contributed by atoms with E-state index in [-0.39, 0.29) is 23.8 Å². The van der Waals surface area contributed by atoms with Gasteiger partial charge in [0.25, 0.3) is 0 Å². The summed E-state index contributed by atoms with van der Waals surface area (Å²) in [5.41, 5.74) is 0. The van der Waals surface area contributed by atoms with Gasteiger partial charge in [-0.3, -0.25) is 4.79 Å². The topological polar surface area (TPSA) is 75.3 Å². The third-order valence-electron chi connectivity index (χ3n) is 3.43. The highest BCUT2D eigenvalue weighted by Crippen LogP contribution is 2.25. The van der Waals surface area contributed by atoms with Crippen LogP contribution in [0.5, 0.6) is 0 Å². The maximum absolute atomic E-state index is 11.8. The van der Waals surface area contributed by atoms with E-state index in [2.05, 4.69) is 10.0 Å². The van der Waals surface area contributed by atoms with Gasteiger partial charge in [-0.25, -0.2) is 13.1 Å². The van der Waals surface area contributed by atoms with Crippen LogP contribution in [0.15, 0.2) is 0 Å². The van der Waals surface area contributed by atoms with Crippen LogP contribution in [0.25, 0.3) is 0 Å². The molecule has 1 aliphatic carbocycles. The van der Waals surface area contributed by atoms with E-state index in [0.29, 0.717) is 6.54 Å². The van der Waals surface area contributed by atoms with E-state index in [4.69, 9.17) is 0 Å². The molecule has 0 radical (unpaired) electrons. The average Bonchev–Trinajstić information content (AvgIpc) is 2.71. The molecule has 0 aromatic rings. The zero-order chi connectivity index (χ0) is 14.5. The molecular weight excluding hydrogens is 284 g/mol. The van der Waals surface area contributed by atoms with Gasteiger partial charge in [0.15, 0.2) is 0 Å². The van der Waals surface area contributed by atoms with Crippen molar-refractivity contribution in [3.63, 3.8) is 0 Å². The Morgan fingerprint density at radius 1 is 1.42 bits per heavy atom. The van der Waals surface area contributed by atoms with Gasteiger partial charge < -0.3 is 5.32 Å². The predicted molar refractivity (Wildman–Crippen MR) is 79.7 cm³/mol. The van der Waals surface area contributed by atoms with Crippen LogP contribution >= 0.6 is 11.8 Å². The number of rotatable bonds is 7. The van der Waals surface area contributed by atoms with Crippen molar-refractivity contribution >= 4 is 27.7 Å². The van der Waals surface area contributed by atoms with Crippen LogP contribution in [0.3, 0.4) is 0 Å². The largest absolute Gasteiger partial charge is 0.356 e. The Bertz CT molecular complexity index is 398. The van der Waals surface area contributed by atoms with Crippen molar-refractivity contribution in [1.29, 1.82) is 0 Å². The average molecular weight is 308 g/mol. The lowest BCUT2D eigenvalue weighted by Crippen LogP contribution is -2.42. The summed E-state index contributed by atoms with van der Waals surface area (Å²) in [6.45, 7) is 2.47. The third-order valence-corrected chi connectivity index (χ3v) is 4.99. The van der Waals surface area contributed by atoms with Gasteiger partial charge in [0.05, 0.1) is 6.26 Å². The fourth-order valence-electron chi connectivity index (χ4n) is 2.44. The molecule has 19 heavy (non-hydrogen) atoms. The van der Waals surface area contributed by atoms with E-state index in [0.717, 1.165) is 25.0 Å². The van der Waals surface area contributed by atoms with Crippen molar-refractivity contribution < 1.29 is 13.2 Å². The minimum atomic E-state index is -3.17. The standard InChI is InChI=1S/C12H24N2O3S2/c1-9(8-18-2)12(15)13-7-10-5-4-6-11(10)14-19(3,16)17/h9-11,14H,4-8H2,1-3H3,(H,13,15)/t9-,10-,11-/m0/s1. The second-order valence-corrected chi connectivity index (χ2v) is 7.98. The number of hydrogen-bond acceptors (Lipinski definition) is 4. The minimum absolute atomic E-state index is 0.00211. The maximum Gasteiger partial charge on any atom is 0.223 e. The fraction of sp³-hybridized carbons (Fsp3) is 0.917. The van der Waals surface area contributed by atoms with Crippen molar-refractivity contribution in [2.24, 2.45) is 11.8 Å². The molecule has 0 spiro atoms. The predicted octanol–water partition coefficient (Wildman–Crippen LogP) is 0.820. The van der Waals surface area contributed by atoms with Gasteiger partial charge in [0.1, 0.15) is 0 Å². The zero-order valence-corrected chi connectivity index (χ0v) is 13.4.